The zero-order valence-corrected chi connectivity index (χ0v) is 14.2. The van der Waals surface area contributed by atoms with E-state index in [4.69, 9.17) is 0 Å². The molecule has 0 atom stereocenters. The third-order valence-electron chi connectivity index (χ3n) is 4.34. The lowest BCUT2D eigenvalue weighted by atomic mass is 10.1. The van der Waals surface area contributed by atoms with Crippen molar-refractivity contribution in [1.82, 2.24) is 19.2 Å². The van der Waals surface area contributed by atoms with Crippen LogP contribution in [0.4, 0.5) is 5.69 Å². The minimum absolute atomic E-state index is 0.0982. The Bertz CT molecular complexity index is 1180. The van der Waals surface area contributed by atoms with Crippen molar-refractivity contribution in [2.24, 2.45) is 0 Å². The molecule has 0 saturated carbocycles. The second kappa shape index (κ2) is 6.44. The molecule has 130 valence electrons. The number of hydrogen-bond acceptors (Lipinski definition) is 4. The third kappa shape index (κ3) is 2.73. The van der Waals surface area contributed by atoms with Gasteiger partial charge in [-0.05, 0) is 36.2 Å². The number of rotatable bonds is 4. The number of carbonyl (C=O) groups is 1. The lowest BCUT2D eigenvalue weighted by molar-refractivity contribution is -0.116. The van der Waals surface area contributed by atoms with Gasteiger partial charge in [-0.15, -0.1) is 10.2 Å². The summed E-state index contributed by atoms with van der Waals surface area (Å²) in [6.07, 6.45) is 2.39. The van der Waals surface area contributed by atoms with Gasteiger partial charge >= 0.3 is 0 Å². The molecule has 1 amide bonds. The monoisotopic (exact) mass is 347 g/mol. The van der Waals surface area contributed by atoms with Crippen LogP contribution in [0.15, 0.2) is 59.7 Å². The number of aromatic nitrogens is 4. The van der Waals surface area contributed by atoms with Crippen LogP contribution in [0, 0.1) is 0 Å². The van der Waals surface area contributed by atoms with Crippen molar-refractivity contribution in [2.75, 3.05) is 5.32 Å². The van der Waals surface area contributed by atoms with Crippen molar-refractivity contribution < 1.29 is 4.79 Å². The van der Waals surface area contributed by atoms with Gasteiger partial charge in [0.1, 0.15) is 12.9 Å². The largest absolute Gasteiger partial charge is 0.325 e. The normalized spacial score (nSPS) is 11.1. The number of amides is 1. The summed E-state index contributed by atoms with van der Waals surface area (Å²) in [5, 5.41) is 10.6. The molecule has 0 unspecified atom stereocenters. The Morgan fingerprint density at radius 1 is 1.12 bits per heavy atom. The smallest absolute Gasteiger partial charge is 0.297 e. The zero-order valence-electron chi connectivity index (χ0n) is 14.2. The van der Waals surface area contributed by atoms with E-state index in [0.29, 0.717) is 5.52 Å². The van der Waals surface area contributed by atoms with Gasteiger partial charge in [-0.3, -0.25) is 18.6 Å². The highest BCUT2D eigenvalue weighted by atomic mass is 16.2. The van der Waals surface area contributed by atoms with Gasteiger partial charge in [0, 0.05) is 5.69 Å². The number of fused-ring (bicyclic) bond motifs is 3. The summed E-state index contributed by atoms with van der Waals surface area (Å²) < 4.78 is 3.06. The predicted octanol–water partition coefficient (Wildman–Crippen LogP) is 2.25. The number of para-hydroxylation sites is 2. The molecule has 1 N–H and O–H groups in total. The molecule has 0 aliphatic carbocycles. The first-order valence-electron chi connectivity index (χ1n) is 8.37. The SMILES string of the molecule is CCc1cccc(NC(=O)Cn2c(=O)c3nncn3c3ccccc32)c1. The highest BCUT2D eigenvalue weighted by Gasteiger charge is 2.14. The van der Waals surface area contributed by atoms with Crippen molar-refractivity contribution in [3.05, 3.63) is 70.8 Å². The van der Waals surface area contributed by atoms with E-state index >= 15 is 0 Å². The number of nitrogens with one attached hydrogen (secondary N) is 1. The van der Waals surface area contributed by atoms with Crippen LogP contribution in [-0.4, -0.2) is 25.1 Å². The molecule has 0 aliphatic rings. The van der Waals surface area contributed by atoms with Crippen molar-refractivity contribution >= 4 is 28.3 Å². The van der Waals surface area contributed by atoms with Crippen molar-refractivity contribution in [2.45, 2.75) is 19.9 Å². The molecule has 2 aromatic carbocycles. The Morgan fingerprint density at radius 2 is 1.92 bits per heavy atom. The maximum Gasteiger partial charge on any atom is 0.297 e. The second-order valence-corrected chi connectivity index (χ2v) is 6.01. The van der Waals surface area contributed by atoms with Gasteiger partial charge in [-0.25, -0.2) is 0 Å². The van der Waals surface area contributed by atoms with Crippen LogP contribution < -0.4 is 10.9 Å². The van der Waals surface area contributed by atoms with E-state index in [-0.39, 0.29) is 23.7 Å². The summed E-state index contributed by atoms with van der Waals surface area (Å²) >= 11 is 0. The Hall–Kier alpha value is -3.48. The zero-order chi connectivity index (χ0) is 18.1. The molecule has 0 saturated heterocycles. The minimum atomic E-state index is -0.348. The molecule has 7 heteroatoms. The predicted molar refractivity (Wildman–Crippen MR) is 99.2 cm³/mol. The first-order chi connectivity index (χ1) is 12.7. The number of carbonyl (C=O) groups excluding carboxylic acids is 1. The van der Waals surface area contributed by atoms with Gasteiger partial charge in [0.15, 0.2) is 0 Å². The molecule has 0 aliphatic heterocycles. The molecule has 26 heavy (non-hydrogen) atoms. The molecule has 2 heterocycles. The summed E-state index contributed by atoms with van der Waals surface area (Å²) in [6.45, 7) is 1.96. The van der Waals surface area contributed by atoms with E-state index in [1.807, 2.05) is 42.5 Å². The Labute approximate surface area is 148 Å². The van der Waals surface area contributed by atoms with Crippen LogP contribution in [-0.2, 0) is 17.8 Å². The molecule has 0 fully saturated rings. The maximum atomic E-state index is 12.8. The highest BCUT2D eigenvalue weighted by molar-refractivity contribution is 5.91. The third-order valence-corrected chi connectivity index (χ3v) is 4.34. The van der Waals surface area contributed by atoms with Gasteiger partial charge in [0.2, 0.25) is 11.6 Å². The molecule has 4 rings (SSSR count). The van der Waals surface area contributed by atoms with Crippen LogP contribution in [0.2, 0.25) is 0 Å². The number of hydrogen-bond donors (Lipinski definition) is 1. The van der Waals surface area contributed by atoms with Crippen LogP contribution >= 0.6 is 0 Å². The number of nitrogens with zero attached hydrogens (tertiary/aromatic N) is 4. The molecule has 0 spiro atoms. The van der Waals surface area contributed by atoms with Crippen LogP contribution in [0.5, 0.6) is 0 Å². The quantitative estimate of drug-likeness (QED) is 0.614. The van der Waals surface area contributed by atoms with E-state index in [1.54, 1.807) is 10.5 Å². The number of benzene rings is 2. The highest BCUT2D eigenvalue weighted by Crippen LogP contribution is 2.14. The van der Waals surface area contributed by atoms with Gasteiger partial charge in [0.05, 0.1) is 11.0 Å². The van der Waals surface area contributed by atoms with Crippen molar-refractivity contribution in [3.63, 3.8) is 0 Å². The van der Waals surface area contributed by atoms with E-state index in [9.17, 15) is 9.59 Å². The minimum Gasteiger partial charge on any atom is -0.325 e. The van der Waals surface area contributed by atoms with Crippen molar-refractivity contribution in [3.8, 4) is 0 Å². The topological polar surface area (TPSA) is 81.3 Å². The Morgan fingerprint density at radius 3 is 2.73 bits per heavy atom. The fraction of sp³-hybridized carbons (Fsp3) is 0.158. The summed E-state index contributed by atoms with van der Waals surface area (Å²) in [7, 11) is 0. The van der Waals surface area contributed by atoms with E-state index in [0.717, 1.165) is 23.2 Å². The molecule has 0 radical (unpaired) electrons. The molecule has 2 aromatic heterocycles. The lowest BCUT2D eigenvalue weighted by Crippen LogP contribution is -2.29. The molecule has 4 aromatic rings. The fourth-order valence-electron chi connectivity index (χ4n) is 3.05. The average molecular weight is 347 g/mol. The van der Waals surface area contributed by atoms with E-state index in [1.165, 1.54) is 10.9 Å². The molecular formula is C19H17N5O2. The maximum absolute atomic E-state index is 12.8. The van der Waals surface area contributed by atoms with Crippen LogP contribution in [0.3, 0.4) is 0 Å². The average Bonchev–Trinajstić information content (AvgIpc) is 3.15. The summed E-state index contributed by atoms with van der Waals surface area (Å²) in [5.41, 5.74) is 3.13. The standard InChI is InChI=1S/C19H17N5O2/c1-2-13-6-5-7-14(10-13)21-17(25)11-23-15-8-3-4-9-16(15)24-12-20-22-18(24)19(23)26/h3-10,12H,2,11H2,1H3,(H,21,25). The molecular weight excluding hydrogens is 330 g/mol. The summed E-state index contributed by atoms with van der Waals surface area (Å²) in [6, 6.07) is 15.0. The number of aryl methyl sites for hydroxylation is 1. The van der Waals surface area contributed by atoms with Crippen LogP contribution in [0.1, 0.15) is 12.5 Å². The van der Waals surface area contributed by atoms with E-state index < -0.39 is 0 Å². The Balaban J connectivity index is 1.73. The molecule has 0 bridgehead atoms. The van der Waals surface area contributed by atoms with Gasteiger partial charge in [-0.1, -0.05) is 31.2 Å². The fourth-order valence-corrected chi connectivity index (χ4v) is 3.05. The van der Waals surface area contributed by atoms with E-state index in [2.05, 4.69) is 22.4 Å². The van der Waals surface area contributed by atoms with Gasteiger partial charge in [-0.2, -0.15) is 0 Å². The van der Waals surface area contributed by atoms with Gasteiger partial charge < -0.3 is 5.32 Å². The number of anilines is 1. The van der Waals surface area contributed by atoms with Gasteiger partial charge in [0.25, 0.3) is 5.56 Å². The second-order valence-electron chi connectivity index (χ2n) is 6.01. The van der Waals surface area contributed by atoms with Crippen molar-refractivity contribution in [1.29, 1.82) is 0 Å². The molecule has 7 nitrogen and oxygen atoms in total. The summed E-state index contributed by atoms with van der Waals surface area (Å²) in [5.74, 6) is -0.269. The first-order valence-corrected chi connectivity index (χ1v) is 8.37. The first kappa shape index (κ1) is 16.0. The lowest BCUT2D eigenvalue weighted by Gasteiger charge is -2.12. The van der Waals surface area contributed by atoms with Crippen LogP contribution in [0.25, 0.3) is 16.7 Å². The summed E-state index contributed by atoms with van der Waals surface area (Å²) in [4.78, 5) is 25.3. The Kier molecular flexibility index (Phi) is 3.96.